The smallest absolute Gasteiger partial charge is 0.221 e. The second-order valence-corrected chi connectivity index (χ2v) is 8.52. The predicted molar refractivity (Wildman–Crippen MR) is 123 cm³/mol. The quantitative estimate of drug-likeness (QED) is 0.703. The van der Waals surface area contributed by atoms with Crippen molar-refractivity contribution in [1.29, 1.82) is 0 Å². The molecular weight excluding hydrogens is 396 g/mol. The number of halogens is 1. The summed E-state index contributed by atoms with van der Waals surface area (Å²) < 4.78 is 5.77. The molecule has 1 fully saturated rings. The topological polar surface area (TPSA) is 50.4 Å². The van der Waals surface area contributed by atoms with Gasteiger partial charge in [-0.3, -0.25) is 4.79 Å². The number of benzene rings is 2. The first-order valence-corrected chi connectivity index (χ1v) is 11.0. The molecular formula is C25H33ClN2O2. The lowest BCUT2D eigenvalue weighted by molar-refractivity contribution is -0.122. The average Bonchev–Trinajstić information content (AvgIpc) is 2.78. The van der Waals surface area contributed by atoms with Gasteiger partial charge in [0.2, 0.25) is 5.91 Å². The first-order valence-electron chi connectivity index (χ1n) is 11.0. The fraction of sp³-hybridized carbons (Fsp3) is 0.480. The van der Waals surface area contributed by atoms with E-state index in [1.54, 1.807) is 0 Å². The SMILES string of the molecule is CC(CC(=O)NC(c1ccccc1)c1ccc2c(c1)CCCO2)C1CCCNC1.Cl. The lowest BCUT2D eigenvalue weighted by Crippen LogP contribution is -2.36. The Kier molecular flexibility index (Phi) is 8.17. The second kappa shape index (κ2) is 10.8. The third-order valence-corrected chi connectivity index (χ3v) is 6.35. The first-order chi connectivity index (χ1) is 14.2. The zero-order valence-corrected chi connectivity index (χ0v) is 18.5. The minimum absolute atomic E-state index is 0. The van der Waals surface area contributed by atoms with Crippen molar-refractivity contribution in [1.82, 2.24) is 10.6 Å². The highest BCUT2D eigenvalue weighted by molar-refractivity contribution is 5.85. The summed E-state index contributed by atoms with van der Waals surface area (Å²) in [7, 11) is 0. The van der Waals surface area contributed by atoms with Crippen LogP contribution in [0.1, 0.15) is 55.3 Å². The minimum atomic E-state index is -0.132. The number of piperidine rings is 1. The number of ether oxygens (including phenoxy) is 1. The zero-order chi connectivity index (χ0) is 20.1. The van der Waals surface area contributed by atoms with Crippen LogP contribution in [0.25, 0.3) is 0 Å². The van der Waals surface area contributed by atoms with Gasteiger partial charge in [0.05, 0.1) is 12.6 Å². The van der Waals surface area contributed by atoms with E-state index in [1.807, 2.05) is 18.2 Å². The molecule has 1 saturated heterocycles. The third kappa shape index (κ3) is 5.55. The molecule has 0 saturated carbocycles. The fourth-order valence-electron chi connectivity index (χ4n) is 4.61. The molecule has 4 nitrogen and oxygen atoms in total. The third-order valence-electron chi connectivity index (χ3n) is 6.35. The van der Waals surface area contributed by atoms with E-state index in [-0.39, 0.29) is 24.4 Å². The van der Waals surface area contributed by atoms with E-state index in [4.69, 9.17) is 4.74 Å². The summed E-state index contributed by atoms with van der Waals surface area (Å²) in [5.74, 6) is 2.09. The molecule has 0 radical (unpaired) electrons. The maximum absolute atomic E-state index is 13.0. The maximum atomic E-state index is 13.0. The highest BCUT2D eigenvalue weighted by Crippen LogP contribution is 2.31. The number of fused-ring (bicyclic) bond motifs is 1. The van der Waals surface area contributed by atoms with Crippen LogP contribution in [-0.2, 0) is 11.2 Å². The van der Waals surface area contributed by atoms with Crippen LogP contribution in [-0.4, -0.2) is 25.6 Å². The first kappa shape index (κ1) is 22.6. The van der Waals surface area contributed by atoms with E-state index in [0.29, 0.717) is 18.3 Å². The Bertz CT molecular complexity index is 821. The van der Waals surface area contributed by atoms with Gasteiger partial charge in [0.25, 0.3) is 0 Å². The molecule has 2 N–H and O–H groups in total. The summed E-state index contributed by atoms with van der Waals surface area (Å²) in [5.41, 5.74) is 3.48. The summed E-state index contributed by atoms with van der Waals surface area (Å²) in [6.45, 7) is 5.14. The van der Waals surface area contributed by atoms with Crippen LogP contribution in [0.3, 0.4) is 0 Å². The lowest BCUT2D eigenvalue weighted by atomic mass is 9.85. The standard InChI is InChI=1S/C25H32N2O2.ClH/c1-18(22-9-5-13-26-17-22)15-24(28)27-25(19-7-3-2-4-8-19)21-11-12-23-20(16-21)10-6-14-29-23;/h2-4,7-8,11-12,16,18,22,25-26H,5-6,9-10,13-15,17H2,1H3,(H,27,28);1H. The zero-order valence-electron chi connectivity index (χ0n) is 17.7. The Hall–Kier alpha value is -2.04. The van der Waals surface area contributed by atoms with Crippen LogP contribution in [0.15, 0.2) is 48.5 Å². The van der Waals surface area contributed by atoms with Crippen LogP contribution in [0.2, 0.25) is 0 Å². The number of hydrogen-bond donors (Lipinski definition) is 2. The van der Waals surface area contributed by atoms with E-state index in [2.05, 4.69) is 47.9 Å². The molecule has 162 valence electrons. The molecule has 2 aromatic rings. The van der Waals surface area contributed by atoms with Gasteiger partial charge in [0.15, 0.2) is 0 Å². The maximum Gasteiger partial charge on any atom is 0.221 e. The van der Waals surface area contributed by atoms with Crippen molar-refractivity contribution in [2.45, 2.75) is 45.1 Å². The van der Waals surface area contributed by atoms with E-state index >= 15 is 0 Å². The highest BCUT2D eigenvalue weighted by atomic mass is 35.5. The van der Waals surface area contributed by atoms with Crippen LogP contribution in [0, 0.1) is 11.8 Å². The lowest BCUT2D eigenvalue weighted by Gasteiger charge is -2.29. The summed E-state index contributed by atoms with van der Waals surface area (Å²) in [6.07, 6.45) is 5.08. The molecule has 2 aliphatic rings. The summed E-state index contributed by atoms with van der Waals surface area (Å²) in [5, 5.41) is 6.79. The van der Waals surface area contributed by atoms with Gasteiger partial charge in [0.1, 0.15) is 5.75 Å². The van der Waals surface area contributed by atoms with Gasteiger partial charge < -0.3 is 15.4 Å². The van der Waals surface area contributed by atoms with Gasteiger partial charge in [0, 0.05) is 6.42 Å². The van der Waals surface area contributed by atoms with E-state index < -0.39 is 0 Å². The van der Waals surface area contributed by atoms with E-state index in [1.165, 1.54) is 18.4 Å². The van der Waals surface area contributed by atoms with Crippen molar-refractivity contribution < 1.29 is 9.53 Å². The predicted octanol–water partition coefficient (Wildman–Crippen LogP) is 4.66. The molecule has 3 atom stereocenters. The molecule has 0 bridgehead atoms. The number of amides is 1. The molecule has 5 heteroatoms. The average molecular weight is 429 g/mol. The second-order valence-electron chi connectivity index (χ2n) is 8.52. The molecule has 3 unspecified atom stereocenters. The molecule has 1 amide bonds. The minimum Gasteiger partial charge on any atom is -0.493 e. The molecule has 0 spiro atoms. The molecule has 0 aromatic heterocycles. The Morgan fingerprint density at radius 1 is 1.17 bits per heavy atom. The molecule has 2 aromatic carbocycles. The van der Waals surface area contributed by atoms with Gasteiger partial charge >= 0.3 is 0 Å². The normalized spacial score (nSPS) is 20.1. The largest absolute Gasteiger partial charge is 0.493 e. The van der Waals surface area contributed by atoms with E-state index in [0.717, 1.165) is 49.4 Å². The Balaban J connectivity index is 0.00000256. The van der Waals surface area contributed by atoms with Crippen molar-refractivity contribution in [2.24, 2.45) is 11.8 Å². The van der Waals surface area contributed by atoms with Crippen LogP contribution in [0.5, 0.6) is 5.75 Å². The van der Waals surface area contributed by atoms with Gasteiger partial charge in [-0.1, -0.05) is 43.3 Å². The van der Waals surface area contributed by atoms with Crippen molar-refractivity contribution in [3.05, 3.63) is 65.2 Å². The van der Waals surface area contributed by atoms with Gasteiger partial charge in [-0.05, 0) is 79.4 Å². The number of rotatable bonds is 6. The van der Waals surface area contributed by atoms with Crippen molar-refractivity contribution in [3.63, 3.8) is 0 Å². The summed E-state index contributed by atoms with van der Waals surface area (Å²) >= 11 is 0. The van der Waals surface area contributed by atoms with Crippen LogP contribution < -0.4 is 15.4 Å². The molecule has 4 rings (SSSR count). The van der Waals surface area contributed by atoms with Gasteiger partial charge in [-0.25, -0.2) is 0 Å². The number of hydrogen-bond acceptors (Lipinski definition) is 3. The Morgan fingerprint density at radius 2 is 2.00 bits per heavy atom. The monoisotopic (exact) mass is 428 g/mol. The summed E-state index contributed by atoms with van der Waals surface area (Å²) in [6, 6.07) is 16.5. The fourth-order valence-corrected chi connectivity index (χ4v) is 4.61. The number of aryl methyl sites for hydroxylation is 1. The van der Waals surface area contributed by atoms with E-state index in [9.17, 15) is 4.79 Å². The molecule has 2 heterocycles. The number of carbonyl (C=O) groups excluding carboxylic acids is 1. The van der Waals surface area contributed by atoms with Crippen molar-refractivity contribution >= 4 is 18.3 Å². The van der Waals surface area contributed by atoms with Crippen LogP contribution >= 0.6 is 12.4 Å². The van der Waals surface area contributed by atoms with Crippen molar-refractivity contribution in [3.8, 4) is 5.75 Å². The van der Waals surface area contributed by atoms with Crippen molar-refractivity contribution in [2.75, 3.05) is 19.7 Å². The molecule has 2 aliphatic heterocycles. The Labute approximate surface area is 186 Å². The summed E-state index contributed by atoms with van der Waals surface area (Å²) in [4.78, 5) is 13.0. The Morgan fingerprint density at radius 3 is 2.77 bits per heavy atom. The van der Waals surface area contributed by atoms with Crippen LogP contribution in [0.4, 0.5) is 0 Å². The number of carbonyl (C=O) groups is 1. The molecule has 30 heavy (non-hydrogen) atoms. The van der Waals surface area contributed by atoms with Gasteiger partial charge in [-0.2, -0.15) is 0 Å². The molecule has 0 aliphatic carbocycles. The highest BCUT2D eigenvalue weighted by Gasteiger charge is 2.24. The van der Waals surface area contributed by atoms with Gasteiger partial charge in [-0.15, -0.1) is 12.4 Å². The number of nitrogens with one attached hydrogen (secondary N) is 2.